The van der Waals surface area contributed by atoms with Gasteiger partial charge in [-0.3, -0.25) is 14.8 Å². The zero-order chi connectivity index (χ0) is 15.6. The van der Waals surface area contributed by atoms with Gasteiger partial charge in [-0.25, -0.2) is 17.8 Å². The summed E-state index contributed by atoms with van der Waals surface area (Å²) in [5.41, 5.74) is -0.529. The van der Waals surface area contributed by atoms with E-state index in [9.17, 15) is 22.9 Å². The first-order chi connectivity index (χ1) is 9.79. The zero-order valence-electron chi connectivity index (χ0n) is 10.2. The van der Waals surface area contributed by atoms with E-state index < -0.39 is 31.3 Å². The van der Waals surface area contributed by atoms with E-state index in [1.807, 2.05) is 22.6 Å². The lowest BCUT2D eigenvalue weighted by Gasteiger charge is -2.08. The van der Waals surface area contributed by atoms with Gasteiger partial charge in [0.25, 0.3) is 15.7 Å². The highest BCUT2D eigenvalue weighted by Crippen LogP contribution is 2.22. The Morgan fingerprint density at radius 1 is 1.29 bits per heavy atom. The Bertz CT molecular complexity index is 796. The first kappa shape index (κ1) is 15.6. The molecule has 7 nitrogen and oxygen atoms in total. The molecule has 0 aliphatic rings. The third kappa shape index (κ3) is 3.64. The van der Waals surface area contributed by atoms with Gasteiger partial charge in [0.05, 0.1) is 11.0 Å². The SMILES string of the molecule is O=[N+]([O-])c1ccc(S(=O)(=O)Nc2ccc(I)cn2)c(F)c1. The van der Waals surface area contributed by atoms with Crippen LogP contribution in [0.2, 0.25) is 0 Å². The molecule has 0 amide bonds. The van der Waals surface area contributed by atoms with Gasteiger partial charge in [0.1, 0.15) is 10.7 Å². The van der Waals surface area contributed by atoms with Crippen LogP contribution in [-0.2, 0) is 10.0 Å². The summed E-state index contributed by atoms with van der Waals surface area (Å²) in [5.74, 6) is -1.18. The first-order valence-corrected chi connectivity index (χ1v) is 7.94. The molecule has 0 saturated heterocycles. The fourth-order valence-corrected chi connectivity index (χ4v) is 2.84. The molecule has 0 fully saturated rings. The molecule has 0 radical (unpaired) electrons. The highest BCUT2D eigenvalue weighted by molar-refractivity contribution is 14.1. The number of halogens is 2. The monoisotopic (exact) mass is 423 g/mol. The van der Waals surface area contributed by atoms with Crippen molar-refractivity contribution in [3.63, 3.8) is 0 Å². The van der Waals surface area contributed by atoms with E-state index in [1.165, 1.54) is 12.3 Å². The van der Waals surface area contributed by atoms with Crippen molar-refractivity contribution in [1.82, 2.24) is 4.98 Å². The molecule has 10 heteroatoms. The van der Waals surface area contributed by atoms with Crippen molar-refractivity contribution in [1.29, 1.82) is 0 Å². The maximum atomic E-state index is 13.7. The number of aromatic nitrogens is 1. The van der Waals surface area contributed by atoms with Crippen molar-refractivity contribution >= 4 is 44.1 Å². The number of pyridine rings is 1. The van der Waals surface area contributed by atoms with Crippen LogP contribution in [0.5, 0.6) is 0 Å². The Labute approximate surface area is 132 Å². The lowest BCUT2D eigenvalue weighted by molar-refractivity contribution is -0.385. The quantitative estimate of drug-likeness (QED) is 0.463. The molecule has 110 valence electrons. The molecule has 2 rings (SSSR count). The van der Waals surface area contributed by atoms with Gasteiger partial charge >= 0.3 is 0 Å². The topological polar surface area (TPSA) is 102 Å². The molecule has 1 aromatic carbocycles. The molecule has 0 saturated carbocycles. The average molecular weight is 423 g/mol. The van der Waals surface area contributed by atoms with E-state index in [2.05, 4.69) is 9.71 Å². The highest BCUT2D eigenvalue weighted by atomic mass is 127. The average Bonchev–Trinajstić information content (AvgIpc) is 2.40. The third-order valence-electron chi connectivity index (χ3n) is 2.38. The van der Waals surface area contributed by atoms with Crippen LogP contribution >= 0.6 is 22.6 Å². The Morgan fingerprint density at radius 3 is 2.52 bits per heavy atom. The van der Waals surface area contributed by atoms with E-state index in [-0.39, 0.29) is 5.82 Å². The van der Waals surface area contributed by atoms with Gasteiger partial charge in [-0.2, -0.15) is 0 Å². The van der Waals surface area contributed by atoms with Crippen LogP contribution in [0.25, 0.3) is 0 Å². The number of hydrogen-bond acceptors (Lipinski definition) is 5. The molecule has 1 aromatic heterocycles. The van der Waals surface area contributed by atoms with E-state index in [0.717, 1.165) is 15.7 Å². The van der Waals surface area contributed by atoms with Crippen molar-refractivity contribution in [3.8, 4) is 0 Å². The standard InChI is InChI=1S/C11H7FIN3O4S/c12-9-5-8(16(17)18)2-3-10(9)21(19,20)15-11-4-1-7(13)6-14-11/h1-6H,(H,14,15). The molecule has 0 aliphatic heterocycles. The molecule has 21 heavy (non-hydrogen) atoms. The molecule has 2 aromatic rings. The Morgan fingerprint density at radius 2 is 2.00 bits per heavy atom. The maximum absolute atomic E-state index is 13.7. The van der Waals surface area contributed by atoms with Gasteiger partial charge in [0, 0.05) is 15.8 Å². The molecule has 1 N–H and O–H groups in total. The molecule has 0 unspecified atom stereocenters. The zero-order valence-corrected chi connectivity index (χ0v) is 13.1. The van der Waals surface area contributed by atoms with Gasteiger partial charge < -0.3 is 0 Å². The third-order valence-corrected chi connectivity index (χ3v) is 4.41. The van der Waals surface area contributed by atoms with E-state index in [1.54, 1.807) is 6.07 Å². The Kier molecular flexibility index (Phi) is 4.37. The summed E-state index contributed by atoms with van der Waals surface area (Å²) in [4.78, 5) is 12.8. The fourth-order valence-electron chi connectivity index (χ4n) is 1.45. The second-order valence-corrected chi connectivity index (χ2v) is 6.74. The maximum Gasteiger partial charge on any atom is 0.272 e. The number of rotatable bonds is 4. The second-order valence-electron chi connectivity index (χ2n) is 3.84. The lowest BCUT2D eigenvalue weighted by Crippen LogP contribution is -2.15. The number of nitrogens with zero attached hydrogens (tertiary/aromatic N) is 2. The summed E-state index contributed by atoms with van der Waals surface area (Å²) in [6, 6.07) is 5.34. The number of benzene rings is 1. The molecular formula is C11H7FIN3O4S. The number of anilines is 1. The highest BCUT2D eigenvalue weighted by Gasteiger charge is 2.22. The van der Waals surface area contributed by atoms with Gasteiger partial charge in [0.15, 0.2) is 5.82 Å². The summed E-state index contributed by atoms with van der Waals surface area (Å²) >= 11 is 2.00. The predicted molar refractivity (Wildman–Crippen MR) is 80.8 cm³/mol. The number of hydrogen-bond donors (Lipinski definition) is 1. The van der Waals surface area contributed by atoms with Crippen LogP contribution in [0.1, 0.15) is 0 Å². The van der Waals surface area contributed by atoms with Crippen LogP contribution in [0.3, 0.4) is 0 Å². The van der Waals surface area contributed by atoms with Crippen molar-refractivity contribution in [2.24, 2.45) is 0 Å². The van der Waals surface area contributed by atoms with Gasteiger partial charge in [-0.05, 0) is 40.8 Å². The smallest absolute Gasteiger partial charge is 0.263 e. The number of nitrogens with one attached hydrogen (secondary N) is 1. The Hall–Kier alpha value is -1.82. The van der Waals surface area contributed by atoms with Crippen molar-refractivity contribution in [3.05, 3.63) is 56.0 Å². The van der Waals surface area contributed by atoms with E-state index >= 15 is 0 Å². The summed E-state index contributed by atoms with van der Waals surface area (Å²) < 4.78 is 40.7. The van der Waals surface area contributed by atoms with E-state index in [4.69, 9.17) is 0 Å². The summed E-state index contributed by atoms with van der Waals surface area (Å²) in [7, 11) is -4.21. The fraction of sp³-hybridized carbons (Fsp3) is 0. The molecule has 0 aliphatic carbocycles. The summed E-state index contributed by atoms with van der Waals surface area (Å²) in [6.45, 7) is 0. The second kappa shape index (κ2) is 5.89. The van der Waals surface area contributed by atoms with Crippen LogP contribution in [0.4, 0.5) is 15.9 Å². The van der Waals surface area contributed by atoms with Crippen LogP contribution < -0.4 is 4.72 Å². The number of non-ortho nitro benzene ring substituents is 1. The summed E-state index contributed by atoms with van der Waals surface area (Å²) in [6.07, 6.45) is 1.44. The van der Waals surface area contributed by atoms with Crippen LogP contribution in [-0.4, -0.2) is 18.3 Å². The van der Waals surface area contributed by atoms with Crippen molar-refractivity contribution in [2.45, 2.75) is 4.90 Å². The minimum atomic E-state index is -4.21. The van der Waals surface area contributed by atoms with E-state index in [0.29, 0.717) is 6.07 Å². The first-order valence-electron chi connectivity index (χ1n) is 5.38. The van der Waals surface area contributed by atoms with Crippen LogP contribution in [0, 0.1) is 19.5 Å². The number of nitro benzene ring substituents is 1. The molecule has 0 bridgehead atoms. The number of nitro groups is 1. The molecule has 0 atom stereocenters. The van der Waals surface area contributed by atoms with Gasteiger partial charge in [0.2, 0.25) is 0 Å². The lowest BCUT2D eigenvalue weighted by atomic mass is 10.3. The predicted octanol–water partition coefficient (Wildman–Crippen LogP) is 2.53. The van der Waals surface area contributed by atoms with Gasteiger partial charge in [-0.15, -0.1) is 0 Å². The summed E-state index contributed by atoms with van der Waals surface area (Å²) in [5, 5.41) is 10.5. The van der Waals surface area contributed by atoms with Crippen molar-refractivity contribution < 1.29 is 17.7 Å². The molecule has 1 heterocycles. The molecule has 0 spiro atoms. The Balaban J connectivity index is 2.35. The number of sulfonamides is 1. The van der Waals surface area contributed by atoms with Gasteiger partial charge in [-0.1, -0.05) is 0 Å². The minimum absolute atomic E-state index is 0.0215. The van der Waals surface area contributed by atoms with Crippen LogP contribution in [0.15, 0.2) is 41.4 Å². The van der Waals surface area contributed by atoms with Crippen molar-refractivity contribution in [2.75, 3.05) is 4.72 Å². The largest absolute Gasteiger partial charge is 0.272 e. The molecular weight excluding hydrogens is 416 g/mol. The minimum Gasteiger partial charge on any atom is -0.263 e. The normalized spacial score (nSPS) is 11.1.